The number of halogens is 2. The fourth-order valence-electron chi connectivity index (χ4n) is 1.49. The maximum absolute atomic E-state index is 12.2. The monoisotopic (exact) mass is 310 g/mol. The number of hydrogen-bond donors (Lipinski definition) is 1. The van der Waals surface area contributed by atoms with E-state index in [4.69, 9.17) is 4.74 Å². The molecule has 1 aromatic carbocycles. The van der Waals surface area contributed by atoms with E-state index in [-0.39, 0.29) is 12.5 Å². The van der Waals surface area contributed by atoms with Crippen LogP contribution in [-0.2, 0) is 4.79 Å². The molecule has 21 heavy (non-hydrogen) atoms. The van der Waals surface area contributed by atoms with E-state index in [0.717, 1.165) is 0 Å². The average Bonchev–Trinajstić information content (AvgIpc) is 2.48. The summed E-state index contributed by atoms with van der Waals surface area (Å²) in [5.41, 5.74) is 0.517. The largest absolute Gasteiger partial charge is 0.468 e. The van der Waals surface area contributed by atoms with Crippen molar-refractivity contribution in [2.45, 2.75) is 10.7 Å². The van der Waals surface area contributed by atoms with E-state index in [1.165, 1.54) is 12.1 Å². The molecule has 1 N–H and O–H groups in total. The first-order chi connectivity index (χ1) is 10.1. The minimum atomic E-state index is -2.46. The normalized spacial score (nSPS) is 10.4. The Morgan fingerprint density at radius 2 is 2.00 bits per heavy atom. The lowest BCUT2D eigenvalue weighted by Gasteiger charge is -2.07. The van der Waals surface area contributed by atoms with Crippen LogP contribution in [0.3, 0.4) is 0 Å². The van der Waals surface area contributed by atoms with Crippen molar-refractivity contribution < 1.29 is 18.3 Å². The summed E-state index contributed by atoms with van der Waals surface area (Å²) in [4.78, 5) is 16.0. The van der Waals surface area contributed by atoms with Crippen LogP contribution < -0.4 is 10.1 Å². The van der Waals surface area contributed by atoms with Crippen LogP contribution in [-0.4, -0.2) is 23.3 Å². The number of anilines is 1. The van der Waals surface area contributed by atoms with E-state index in [0.29, 0.717) is 28.2 Å². The topological polar surface area (TPSA) is 51.2 Å². The molecule has 4 nitrogen and oxygen atoms in total. The quantitative estimate of drug-likeness (QED) is 0.831. The number of aromatic nitrogens is 1. The van der Waals surface area contributed by atoms with Gasteiger partial charge in [-0.25, -0.2) is 4.98 Å². The summed E-state index contributed by atoms with van der Waals surface area (Å²) in [5, 5.41) is 2.60. The highest BCUT2D eigenvalue weighted by molar-refractivity contribution is 7.99. The lowest BCUT2D eigenvalue weighted by atomic mass is 10.3. The van der Waals surface area contributed by atoms with Crippen molar-refractivity contribution in [1.29, 1.82) is 0 Å². The van der Waals surface area contributed by atoms with Gasteiger partial charge < -0.3 is 10.1 Å². The SMILES string of the molecule is O=C(COc1ccccn1)Nc1ccc(SC(F)F)cc1. The number of rotatable bonds is 6. The van der Waals surface area contributed by atoms with Crippen molar-refractivity contribution in [3.8, 4) is 5.88 Å². The molecule has 0 fully saturated rings. The van der Waals surface area contributed by atoms with Gasteiger partial charge in [0.2, 0.25) is 5.88 Å². The highest BCUT2D eigenvalue weighted by Gasteiger charge is 2.07. The number of carbonyl (C=O) groups is 1. The van der Waals surface area contributed by atoms with Gasteiger partial charge in [0, 0.05) is 22.8 Å². The molecular weight excluding hydrogens is 298 g/mol. The van der Waals surface area contributed by atoms with Crippen molar-refractivity contribution >= 4 is 23.4 Å². The molecule has 0 atom stereocenters. The first-order valence-electron chi connectivity index (χ1n) is 6.02. The van der Waals surface area contributed by atoms with Gasteiger partial charge in [0.15, 0.2) is 6.61 Å². The Labute approximate surface area is 124 Å². The molecule has 2 aromatic rings. The zero-order chi connectivity index (χ0) is 15.1. The van der Waals surface area contributed by atoms with Gasteiger partial charge in [0.05, 0.1) is 0 Å². The molecule has 0 saturated carbocycles. The van der Waals surface area contributed by atoms with Crippen LogP contribution in [0.2, 0.25) is 0 Å². The zero-order valence-corrected chi connectivity index (χ0v) is 11.6. The number of alkyl halides is 2. The Kier molecular flexibility index (Phi) is 5.51. The van der Waals surface area contributed by atoms with E-state index < -0.39 is 5.76 Å². The highest BCUT2D eigenvalue weighted by atomic mass is 32.2. The number of nitrogens with zero attached hydrogens (tertiary/aromatic N) is 1. The van der Waals surface area contributed by atoms with Gasteiger partial charge in [0.1, 0.15) is 0 Å². The van der Waals surface area contributed by atoms with Crippen LogP contribution in [0.1, 0.15) is 0 Å². The minimum absolute atomic E-state index is 0.176. The molecule has 0 bridgehead atoms. The van der Waals surface area contributed by atoms with E-state index in [1.807, 2.05) is 0 Å². The van der Waals surface area contributed by atoms with Crippen molar-refractivity contribution in [3.05, 3.63) is 48.7 Å². The van der Waals surface area contributed by atoms with Gasteiger partial charge in [-0.15, -0.1) is 0 Å². The van der Waals surface area contributed by atoms with Crippen molar-refractivity contribution in [3.63, 3.8) is 0 Å². The first kappa shape index (κ1) is 15.2. The van der Waals surface area contributed by atoms with Gasteiger partial charge in [-0.3, -0.25) is 4.79 Å². The molecule has 0 radical (unpaired) electrons. The van der Waals surface area contributed by atoms with Gasteiger partial charge in [0.25, 0.3) is 11.7 Å². The lowest BCUT2D eigenvalue weighted by molar-refractivity contribution is -0.118. The number of amides is 1. The molecule has 1 heterocycles. The molecule has 0 aliphatic rings. The molecule has 2 rings (SSSR count). The number of ether oxygens (including phenoxy) is 1. The van der Waals surface area contributed by atoms with Crippen LogP contribution in [0, 0.1) is 0 Å². The minimum Gasteiger partial charge on any atom is -0.468 e. The number of nitrogens with one attached hydrogen (secondary N) is 1. The smallest absolute Gasteiger partial charge is 0.288 e. The third-order valence-electron chi connectivity index (χ3n) is 2.35. The van der Waals surface area contributed by atoms with Crippen LogP contribution >= 0.6 is 11.8 Å². The molecule has 1 amide bonds. The van der Waals surface area contributed by atoms with Gasteiger partial charge in [-0.05, 0) is 30.3 Å². The van der Waals surface area contributed by atoms with Crippen molar-refractivity contribution in [1.82, 2.24) is 4.98 Å². The van der Waals surface area contributed by atoms with Crippen LogP contribution in [0.25, 0.3) is 0 Å². The Bertz CT molecular complexity index is 579. The van der Waals surface area contributed by atoms with Gasteiger partial charge >= 0.3 is 0 Å². The summed E-state index contributed by atoms with van der Waals surface area (Å²) >= 11 is 0.455. The van der Waals surface area contributed by atoms with Gasteiger partial charge in [-0.2, -0.15) is 8.78 Å². The standard InChI is InChI=1S/C14H12F2N2O2S/c15-14(16)21-11-6-4-10(5-7-11)18-12(19)9-20-13-3-1-2-8-17-13/h1-8,14H,9H2,(H,18,19). The maximum Gasteiger partial charge on any atom is 0.288 e. The third kappa shape index (κ3) is 5.39. The number of pyridine rings is 1. The summed E-state index contributed by atoms with van der Waals surface area (Å²) in [6, 6.07) is 11.3. The number of thioether (sulfide) groups is 1. The zero-order valence-electron chi connectivity index (χ0n) is 10.8. The summed E-state index contributed by atoms with van der Waals surface area (Å²) in [6.45, 7) is -0.176. The number of benzene rings is 1. The molecule has 1 aromatic heterocycles. The van der Waals surface area contributed by atoms with Crippen molar-refractivity contribution in [2.24, 2.45) is 0 Å². The molecule has 0 saturated heterocycles. The van der Waals surface area contributed by atoms with Crippen LogP contribution in [0.4, 0.5) is 14.5 Å². The van der Waals surface area contributed by atoms with Crippen LogP contribution in [0.15, 0.2) is 53.6 Å². The summed E-state index contributed by atoms with van der Waals surface area (Å²) in [5.74, 6) is -2.46. The Balaban J connectivity index is 1.82. The Morgan fingerprint density at radius 1 is 1.24 bits per heavy atom. The van der Waals surface area contributed by atoms with E-state index in [2.05, 4.69) is 10.3 Å². The number of carbonyl (C=O) groups excluding carboxylic acids is 1. The molecule has 0 unspecified atom stereocenters. The second-order valence-electron chi connectivity index (χ2n) is 3.91. The Hall–Kier alpha value is -2.15. The van der Waals surface area contributed by atoms with E-state index in [1.54, 1.807) is 36.5 Å². The second-order valence-corrected chi connectivity index (χ2v) is 4.97. The molecule has 0 aliphatic heterocycles. The summed E-state index contributed by atoms with van der Waals surface area (Å²) < 4.78 is 29.5. The van der Waals surface area contributed by atoms with Gasteiger partial charge in [-0.1, -0.05) is 17.8 Å². The predicted molar refractivity (Wildman–Crippen MR) is 76.7 cm³/mol. The average molecular weight is 310 g/mol. The van der Waals surface area contributed by atoms with E-state index >= 15 is 0 Å². The fraction of sp³-hybridized carbons (Fsp3) is 0.143. The third-order valence-corrected chi connectivity index (χ3v) is 3.07. The van der Waals surface area contributed by atoms with Crippen molar-refractivity contribution in [2.75, 3.05) is 11.9 Å². The predicted octanol–water partition coefficient (Wildman–Crippen LogP) is 3.41. The van der Waals surface area contributed by atoms with E-state index in [9.17, 15) is 13.6 Å². The lowest BCUT2D eigenvalue weighted by Crippen LogP contribution is -2.20. The maximum atomic E-state index is 12.2. The Morgan fingerprint density at radius 3 is 2.62 bits per heavy atom. The molecular formula is C14H12F2N2O2S. The molecule has 110 valence electrons. The summed E-state index contributed by atoms with van der Waals surface area (Å²) in [6.07, 6.45) is 1.56. The van der Waals surface area contributed by atoms with Crippen LogP contribution in [0.5, 0.6) is 5.88 Å². The fourth-order valence-corrected chi connectivity index (χ4v) is 1.99. The highest BCUT2D eigenvalue weighted by Crippen LogP contribution is 2.26. The second kappa shape index (κ2) is 7.58. The molecule has 0 aliphatic carbocycles. The number of hydrogen-bond acceptors (Lipinski definition) is 4. The first-order valence-corrected chi connectivity index (χ1v) is 6.90. The molecule has 7 heteroatoms. The molecule has 0 spiro atoms. The summed E-state index contributed by atoms with van der Waals surface area (Å²) in [7, 11) is 0.